The first kappa shape index (κ1) is 14.7. The average molecular weight is 295 g/mol. The van der Waals surface area contributed by atoms with E-state index in [4.69, 9.17) is 5.11 Å². The van der Waals surface area contributed by atoms with Gasteiger partial charge < -0.3 is 15.0 Å². The van der Waals surface area contributed by atoms with Crippen molar-refractivity contribution in [1.82, 2.24) is 9.88 Å². The van der Waals surface area contributed by atoms with Gasteiger partial charge >= 0.3 is 5.97 Å². The summed E-state index contributed by atoms with van der Waals surface area (Å²) in [4.78, 5) is 48.3. The average Bonchev–Trinajstić information content (AvgIpc) is 2.80. The van der Waals surface area contributed by atoms with Crippen LogP contribution in [0.3, 0.4) is 0 Å². The van der Waals surface area contributed by atoms with Crippen molar-refractivity contribution >= 4 is 17.6 Å². The van der Waals surface area contributed by atoms with Gasteiger partial charge in [0.1, 0.15) is 5.56 Å². The number of rotatable bonds is 3. The van der Waals surface area contributed by atoms with E-state index in [0.717, 1.165) is 12.3 Å². The minimum Gasteiger partial charge on any atom is -0.481 e. The molecular weight excluding hydrogens is 282 g/mol. The number of aromatic amines is 1. The molecule has 0 unspecified atom stereocenters. The first-order chi connectivity index (χ1) is 9.81. The molecule has 0 aliphatic carbocycles. The van der Waals surface area contributed by atoms with E-state index < -0.39 is 34.0 Å². The van der Waals surface area contributed by atoms with E-state index >= 15 is 0 Å². The van der Waals surface area contributed by atoms with E-state index in [0.29, 0.717) is 0 Å². The van der Waals surface area contributed by atoms with Crippen LogP contribution in [0.1, 0.15) is 17.3 Å². The van der Waals surface area contributed by atoms with Gasteiger partial charge in [-0.05, 0) is 5.92 Å². The lowest BCUT2D eigenvalue weighted by atomic mass is 9.99. The number of H-pyrrole nitrogens is 1. The molecule has 2 heterocycles. The quantitative estimate of drug-likeness (QED) is 0.599. The lowest BCUT2D eigenvalue weighted by Gasteiger charge is -2.15. The molecule has 0 aromatic carbocycles. The van der Waals surface area contributed by atoms with Crippen LogP contribution in [0, 0.1) is 22.0 Å². The van der Waals surface area contributed by atoms with Gasteiger partial charge in [0.05, 0.1) is 17.0 Å². The summed E-state index contributed by atoms with van der Waals surface area (Å²) in [7, 11) is 0. The van der Waals surface area contributed by atoms with Crippen LogP contribution in [-0.2, 0) is 4.79 Å². The van der Waals surface area contributed by atoms with E-state index in [1.165, 1.54) is 4.90 Å². The summed E-state index contributed by atoms with van der Waals surface area (Å²) in [6.07, 6.45) is 0.909. The molecule has 1 aliphatic rings. The number of amides is 1. The fraction of sp³-hybridized carbons (Fsp3) is 0.417. The summed E-state index contributed by atoms with van der Waals surface area (Å²) in [5, 5.41) is 19.7. The highest BCUT2D eigenvalue weighted by Crippen LogP contribution is 2.24. The Morgan fingerprint density at radius 2 is 2.14 bits per heavy atom. The van der Waals surface area contributed by atoms with Gasteiger partial charge in [0.2, 0.25) is 0 Å². The topological polar surface area (TPSA) is 134 Å². The van der Waals surface area contributed by atoms with Crippen LogP contribution in [0.4, 0.5) is 5.69 Å². The monoisotopic (exact) mass is 295 g/mol. The Bertz CT molecular complexity index is 667. The molecule has 0 spiro atoms. The Morgan fingerprint density at radius 3 is 2.67 bits per heavy atom. The number of hydrogen-bond acceptors (Lipinski definition) is 5. The van der Waals surface area contributed by atoms with E-state index in [2.05, 4.69) is 4.98 Å². The third-order valence-corrected chi connectivity index (χ3v) is 3.55. The minimum atomic E-state index is -1.01. The van der Waals surface area contributed by atoms with Gasteiger partial charge in [0.15, 0.2) is 0 Å². The smallest absolute Gasteiger partial charge is 0.308 e. The molecule has 2 rings (SSSR count). The SMILES string of the molecule is C[C@@H]1CN(C(=O)c2cc([N+](=O)[O-])c[nH]c2=O)C[C@H]1C(=O)O. The number of carboxylic acid groups (broad SMARTS) is 1. The molecule has 1 saturated heterocycles. The summed E-state index contributed by atoms with van der Waals surface area (Å²) in [6, 6.07) is 0.903. The molecule has 1 fully saturated rings. The fourth-order valence-corrected chi connectivity index (χ4v) is 2.36. The Morgan fingerprint density at radius 1 is 1.48 bits per heavy atom. The first-order valence-electron chi connectivity index (χ1n) is 6.20. The van der Waals surface area contributed by atoms with Crippen LogP contribution < -0.4 is 5.56 Å². The lowest BCUT2D eigenvalue weighted by Crippen LogP contribution is -2.33. The Balaban J connectivity index is 2.29. The highest BCUT2D eigenvalue weighted by atomic mass is 16.6. The predicted molar refractivity (Wildman–Crippen MR) is 69.9 cm³/mol. The summed E-state index contributed by atoms with van der Waals surface area (Å²) in [5.74, 6) is -2.66. The van der Waals surface area contributed by atoms with Gasteiger partial charge in [0.25, 0.3) is 17.2 Å². The van der Waals surface area contributed by atoms with Gasteiger partial charge in [-0.2, -0.15) is 0 Å². The van der Waals surface area contributed by atoms with Gasteiger partial charge in [-0.1, -0.05) is 6.92 Å². The number of nitrogens with one attached hydrogen (secondary N) is 1. The molecule has 1 aromatic rings. The van der Waals surface area contributed by atoms with Crippen LogP contribution in [0.5, 0.6) is 0 Å². The number of carboxylic acids is 1. The van der Waals surface area contributed by atoms with E-state index in [1.807, 2.05) is 0 Å². The van der Waals surface area contributed by atoms with Crippen LogP contribution in [-0.4, -0.2) is 44.9 Å². The van der Waals surface area contributed by atoms with Crippen molar-refractivity contribution in [3.8, 4) is 0 Å². The zero-order valence-electron chi connectivity index (χ0n) is 11.1. The number of hydrogen-bond donors (Lipinski definition) is 2. The number of nitro groups is 1. The van der Waals surface area contributed by atoms with Crippen molar-refractivity contribution in [1.29, 1.82) is 0 Å². The minimum absolute atomic E-state index is 0.0164. The zero-order chi connectivity index (χ0) is 15.7. The van der Waals surface area contributed by atoms with Crippen molar-refractivity contribution in [2.75, 3.05) is 13.1 Å². The van der Waals surface area contributed by atoms with Crippen molar-refractivity contribution in [2.24, 2.45) is 11.8 Å². The molecular formula is C12H13N3O6. The number of aromatic nitrogens is 1. The van der Waals surface area contributed by atoms with Gasteiger partial charge in [-0.25, -0.2) is 0 Å². The second-order valence-electron chi connectivity index (χ2n) is 4.99. The van der Waals surface area contributed by atoms with Crippen molar-refractivity contribution < 1.29 is 19.6 Å². The summed E-state index contributed by atoms with van der Waals surface area (Å²) >= 11 is 0. The molecule has 2 N–H and O–H groups in total. The Hall–Kier alpha value is -2.71. The summed E-state index contributed by atoms with van der Waals surface area (Å²) < 4.78 is 0. The molecule has 0 radical (unpaired) electrons. The first-order valence-corrected chi connectivity index (χ1v) is 6.20. The zero-order valence-corrected chi connectivity index (χ0v) is 11.1. The third-order valence-electron chi connectivity index (χ3n) is 3.55. The summed E-state index contributed by atoms with van der Waals surface area (Å²) in [6.45, 7) is 1.87. The third kappa shape index (κ3) is 2.76. The number of aliphatic carboxylic acids is 1. The van der Waals surface area contributed by atoms with E-state index in [9.17, 15) is 24.5 Å². The number of pyridine rings is 1. The highest BCUT2D eigenvalue weighted by Gasteiger charge is 2.38. The molecule has 9 heteroatoms. The maximum absolute atomic E-state index is 12.2. The predicted octanol–water partition coefficient (Wildman–Crippen LogP) is 0.0758. The largest absolute Gasteiger partial charge is 0.481 e. The number of carbonyl (C=O) groups excluding carboxylic acids is 1. The molecule has 0 saturated carbocycles. The summed E-state index contributed by atoms with van der Waals surface area (Å²) in [5.41, 5.74) is -1.50. The molecule has 2 atom stereocenters. The van der Waals surface area contributed by atoms with E-state index in [1.54, 1.807) is 6.92 Å². The standard InChI is InChI=1S/C12H13N3O6/c1-6-4-14(5-9(6)12(18)19)11(17)8-2-7(15(20)21)3-13-10(8)16/h2-3,6,9H,4-5H2,1H3,(H,13,16)(H,18,19)/t6-,9-/m1/s1. The van der Waals surface area contributed by atoms with Gasteiger partial charge in [0, 0.05) is 19.2 Å². The van der Waals surface area contributed by atoms with Gasteiger partial charge in [-0.3, -0.25) is 24.5 Å². The normalized spacial score (nSPS) is 21.3. The molecule has 1 aliphatic heterocycles. The maximum Gasteiger partial charge on any atom is 0.308 e. The van der Waals surface area contributed by atoms with Crippen LogP contribution in [0.15, 0.2) is 17.1 Å². The Labute approximate surface area is 118 Å². The van der Waals surface area contributed by atoms with Crippen molar-refractivity contribution in [2.45, 2.75) is 6.92 Å². The number of carbonyl (C=O) groups is 2. The second kappa shape index (κ2) is 5.35. The maximum atomic E-state index is 12.2. The van der Waals surface area contributed by atoms with Crippen molar-refractivity contribution in [3.05, 3.63) is 38.3 Å². The van der Waals surface area contributed by atoms with Crippen molar-refractivity contribution in [3.63, 3.8) is 0 Å². The molecule has 1 amide bonds. The molecule has 21 heavy (non-hydrogen) atoms. The lowest BCUT2D eigenvalue weighted by molar-refractivity contribution is -0.385. The van der Waals surface area contributed by atoms with Crippen LogP contribution in [0.2, 0.25) is 0 Å². The molecule has 9 nitrogen and oxygen atoms in total. The van der Waals surface area contributed by atoms with Crippen LogP contribution >= 0.6 is 0 Å². The second-order valence-corrected chi connectivity index (χ2v) is 4.99. The fourth-order valence-electron chi connectivity index (χ4n) is 2.36. The number of likely N-dealkylation sites (tertiary alicyclic amines) is 1. The van der Waals surface area contributed by atoms with Crippen LogP contribution in [0.25, 0.3) is 0 Å². The van der Waals surface area contributed by atoms with E-state index in [-0.39, 0.29) is 24.6 Å². The molecule has 0 bridgehead atoms. The highest BCUT2D eigenvalue weighted by molar-refractivity contribution is 5.95. The van der Waals surface area contributed by atoms with Gasteiger partial charge in [-0.15, -0.1) is 0 Å². The molecule has 1 aromatic heterocycles. The number of nitrogens with zero attached hydrogens (tertiary/aromatic N) is 2. The Kier molecular flexibility index (Phi) is 3.74. The molecule has 112 valence electrons.